The fourth-order valence-electron chi connectivity index (χ4n) is 1.34. The monoisotopic (exact) mass is 227 g/mol. The molecule has 0 saturated heterocycles. The lowest BCUT2D eigenvalue weighted by atomic mass is 9.94. The van der Waals surface area contributed by atoms with Crippen LogP contribution in [0.15, 0.2) is 24.3 Å². The lowest BCUT2D eigenvalue weighted by molar-refractivity contribution is -0.146. The summed E-state index contributed by atoms with van der Waals surface area (Å²) in [6.07, 6.45) is 0.360. The first-order chi connectivity index (χ1) is 6.97. The van der Waals surface area contributed by atoms with Gasteiger partial charge in [0.05, 0.1) is 7.11 Å². The summed E-state index contributed by atoms with van der Waals surface area (Å²) in [6, 6.07) is 7.30. The Bertz CT molecular complexity index is 363. The van der Waals surface area contributed by atoms with Crippen molar-refractivity contribution < 1.29 is 9.53 Å². The molecule has 0 aliphatic heterocycles. The summed E-state index contributed by atoms with van der Waals surface area (Å²) in [7, 11) is 1.32. The summed E-state index contributed by atoms with van der Waals surface area (Å²) in [6.45, 7) is 1.63. The SMILES string of the molecule is COC(=O)C(C)(N)Cc1ccccc1Cl. The molecule has 1 atom stereocenters. The van der Waals surface area contributed by atoms with Crippen molar-refractivity contribution in [3.8, 4) is 0 Å². The normalized spacial score (nSPS) is 14.4. The smallest absolute Gasteiger partial charge is 0.325 e. The number of methoxy groups -OCH3 is 1. The molecule has 4 heteroatoms. The van der Waals surface area contributed by atoms with Gasteiger partial charge >= 0.3 is 5.97 Å². The molecule has 0 radical (unpaired) electrons. The Hall–Kier alpha value is -1.06. The molecule has 1 rings (SSSR count). The third kappa shape index (κ3) is 2.94. The molecule has 0 aliphatic carbocycles. The van der Waals surface area contributed by atoms with Crippen LogP contribution >= 0.6 is 11.6 Å². The van der Waals surface area contributed by atoms with Crippen LogP contribution in [0.25, 0.3) is 0 Å². The van der Waals surface area contributed by atoms with Crippen LogP contribution in [0.1, 0.15) is 12.5 Å². The van der Waals surface area contributed by atoms with Gasteiger partial charge in [-0.3, -0.25) is 4.79 Å². The highest BCUT2D eigenvalue weighted by atomic mass is 35.5. The maximum absolute atomic E-state index is 11.4. The molecular weight excluding hydrogens is 214 g/mol. The summed E-state index contributed by atoms with van der Waals surface area (Å²) in [4.78, 5) is 11.4. The zero-order valence-electron chi connectivity index (χ0n) is 8.79. The Labute approximate surface area is 94.2 Å². The van der Waals surface area contributed by atoms with Crippen molar-refractivity contribution in [1.82, 2.24) is 0 Å². The highest BCUT2D eigenvalue weighted by molar-refractivity contribution is 6.31. The van der Waals surface area contributed by atoms with Gasteiger partial charge in [0.1, 0.15) is 5.54 Å². The van der Waals surface area contributed by atoms with Crippen molar-refractivity contribution in [1.29, 1.82) is 0 Å². The number of halogens is 1. The Kier molecular flexibility index (Phi) is 3.72. The topological polar surface area (TPSA) is 52.3 Å². The Morgan fingerprint density at radius 1 is 1.53 bits per heavy atom. The first-order valence-corrected chi connectivity index (χ1v) is 4.96. The highest BCUT2D eigenvalue weighted by Crippen LogP contribution is 2.20. The van der Waals surface area contributed by atoms with Crippen LogP contribution in [-0.2, 0) is 16.0 Å². The van der Waals surface area contributed by atoms with Crippen LogP contribution in [0, 0.1) is 0 Å². The van der Waals surface area contributed by atoms with Crippen LogP contribution in [0.4, 0.5) is 0 Å². The maximum atomic E-state index is 11.4. The van der Waals surface area contributed by atoms with Crippen molar-refractivity contribution in [2.75, 3.05) is 7.11 Å². The van der Waals surface area contributed by atoms with E-state index in [2.05, 4.69) is 4.74 Å². The minimum absolute atomic E-state index is 0.360. The summed E-state index contributed by atoms with van der Waals surface area (Å²) in [5, 5.41) is 0.609. The summed E-state index contributed by atoms with van der Waals surface area (Å²) in [5.41, 5.74) is 5.64. The molecule has 1 unspecified atom stereocenters. The molecule has 2 N–H and O–H groups in total. The first-order valence-electron chi connectivity index (χ1n) is 4.58. The number of rotatable bonds is 3. The largest absolute Gasteiger partial charge is 0.468 e. The van der Waals surface area contributed by atoms with Crippen molar-refractivity contribution in [2.24, 2.45) is 5.73 Å². The second kappa shape index (κ2) is 4.64. The minimum atomic E-state index is -1.04. The van der Waals surface area contributed by atoms with Crippen molar-refractivity contribution in [2.45, 2.75) is 18.9 Å². The van der Waals surface area contributed by atoms with Gasteiger partial charge in [0.25, 0.3) is 0 Å². The first kappa shape index (κ1) is 12.0. The fourth-order valence-corrected chi connectivity index (χ4v) is 1.55. The van der Waals surface area contributed by atoms with Gasteiger partial charge in [-0.15, -0.1) is 0 Å². The molecular formula is C11H14ClNO2. The molecule has 0 heterocycles. The quantitative estimate of drug-likeness (QED) is 0.801. The van der Waals surface area contributed by atoms with Crippen molar-refractivity contribution in [3.63, 3.8) is 0 Å². The van der Waals surface area contributed by atoms with Gasteiger partial charge in [-0.05, 0) is 18.6 Å². The van der Waals surface area contributed by atoms with Gasteiger partial charge in [-0.2, -0.15) is 0 Å². The number of benzene rings is 1. The predicted octanol–water partition coefficient (Wildman–Crippen LogP) is 1.77. The Balaban J connectivity index is 2.86. The third-order valence-electron chi connectivity index (χ3n) is 2.17. The van der Waals surface area contributed by atoms with Crippen molar-refractivity contribution >= 4 is 17.6 Å². The van der Waals surface area contributed by atoms with Gasteiger partial charge in [0.15, 0.2) is 0 Å². The zero-order chi connectivity index (χ0) is 11.5. The molecule has 0 saturated carbocycles. The molecule has 0 aromatic heterocycles. The van der Waals surface area contributed by atoms with Gasteiger partial charge in [-0.1, -0.05) is 29.8 Å². The van der Waals surface area contributed by atoms with Crippen LogP contribution in [0.5, 0.6) is 0 Å². The van der Waals surface area contributed by atoms with E-state index in [1.165, 1.54) is 7.11 Å². The number of hydrogen-bond acceptors (Lipinski definition) is 3. The van der Waals surface area contributed by atoms with E-state index < -0.39 is 11.5 Å². The highest BCUT2D eigenvalue weighted by Gasteiger charge is 2.30. The molecule has 1 aromatic carbocycles. The Morgan fingerprint density at radius 2 is 2.13 bits per heavy atom. The van der Waals surface area contributed by atoms with Gasteiger partial charge in [-0.25, -0.2) is 0 Å². The number of hydrogen-bond donors (Lipinski definition) is 1. The molecule has 0 spiro atoms. The molecule has 0 bridgehead atoms. The number of esters is 1. The second-order valence-electron chi connectivity index (χ2n) is 3.68. The maximum Gasteiger partial charge on any atom is 0.325 e. The number of carbonyl (C=O) groups is 1. The number of carbonyl (C=O) groups excluding carboxylic acids is 1. The molecule has 3 nitrogen and oxygen atoms in total. The van der Waals surface area contributed by atoms with E-state index in [-0.39, 0.29) is 0 Å². The summed E-state index contributed by atoms with van der Waals surface area (Å²) >= 11 is 5.97. The number of ether oxygens (including phenoxy) is 1. The van der Waals surface area contributed by atoms with E-state index in [0.29, 0.717) is 11.4 Å². The molecule has 15 heavy (non-hydrogen) atoms. The fraction of sp³-hybridized carbons (Fsp3) is 0.364. The van der Waals surface area contributed by atoms with Crippen LogP contribution in [0.2, 0.25) is 5.02 Å². The molecule has 82 valence electrons. The second-order valence-corrected chi connectivity index (χ2v) is 4.08. The minimum Gasteiger partial charge on any atom is -0.468 e. The molecule has 0 aliphatic rings. The van der Waals surface area contributed by atoms with E-state index in [1.807, 2.05) is 18.2 Å². The van der Waals surface area contributed by atoms with E-state index in [0.717, 1.165) is 5.56 Å². The number of nitrogens with two attached hydrogens (primary N) is 1. The Morgan fingerprint density at radius 3 is 2.67 bits per heavy atom. The van der Waals surface area contributed by atoms with Crippen LogP contribution in [-0.4, -0.2) is 18.6 Å². The lowest BCUT2D eigenvalue weighted by Gasteiger charge is -2.21. The molecule has 0 fully saturated rings. The summed E-state index contributed by atoms with van der Waals surface area (Å²) < 4.78 is 4.62. The van der Waals surface area contributed by atoms with Gasteiger partial charge in [0.2, 0.25) is 0 Å². The van der Waals surface area contributed by atoms with E-state index >= 15 is 0 Å². The zero-order valence-corrected chi connectivity index (χ0v) is 9.54. The van der Waals surface area contributed by atoms with Crippen LogP contribution < -0.4 is 5.73 Å². The average Bonchev–Trinajstić information content (AvgIpc) is 2.20. The van der Waals surface area contributed by atoms with Crippen LogP contribution in [0.3, 0.4) is 0 Å². The van der Waals surface area contributed by atoms with E-state index in [9.17, 15) is 4.79 Å². The molecule has 0 amide bonds. The lowest BCUT2D eigenvalue weighted by Crippen LogP contribution is -2.47. The van der Waals surface area contributed by atoms with Gasteiger partial charge < -0.3 is 10.5 Å². The van der Waals surface area contributed by atoms with Crippen molar-refractivity contribution in [3.05, 3.63) is 34.9 Å². The predicted molar refractivity (Wildman–Crippen MR) is 59.8 cm³/mol. The van der Waals surface area contributed by atoms with Gasteiger partial charge in [0, 0.05) is 11.4 Å². The summed E-state index contributed by atoms with van der Waals surface area (Å²) in [5.74, 6) is -0.442. The van der Waals surface area contributed by atoms with E-state index in [4.69, 9.17) is 17.3 Å². The standard InChI is InChI=1S/C11H14ClNO2/c1-11(13,10(14)15-2)7-8-5-3-4-6-9(8)12/h3-6H,7,13H2,1-2H3. The third-order valence-corrected chi connectivity index (χ3v) is 2.54. The average molecular weight is 228 g/mol. The van der Waals surface area contributed by atoms with E-state index in [1.54, 1.807) is 13.0 Å². The molecule has 1 aromatic rings.